The summed E-state index contributed by atoms with van der Waals surface area (Å²) in [6, 6.07) is 7.33. The van der Waals surface area contributed by atoms with Crippen LogP contribution < -0.4 is 0 Å². The highest BCUT2D eigenvalue weighted by Gasteiger charge is 2.27. The van der Waals surface area contributed by atoms with Gasteiger partial charge in [-0.05, 0) is 25.0 Å². The van der Waals surface area contributed by atoms with Gasteiger partial charge in [0.25, 0.3) is 5.91 Å². The fourth-order valence-corrected chi connectivity index (χ4v) is 3.80. The van der Waals surface area contributed by atoms with E-state index in [2.05, 4.69) is 10.2 Å². The van der Waals surface area contributed by atoms with E-state index in [0.717, 1.165) is 12.8 Å². The van der Waals surface area contributed by atoms with Crippen molar-refractivity contribution in [3.8, 4) is 5.69 Å². The molecule has 1 saturated heterocycles. The van der Waals surface area contributed by atoms with Gasteiger partial charge in [-0.1, -0.05) is 23.9 Å². The maximum absolute atomic E-state index is 12.9. The smallest absolute Gasteiger partial charge is 0.256 e. The predicted octanol–water partition coefficient (Wildman–Crippen LogP) is 2.15. The van der Waals surface area contributed by atoms with Crippen LogP contribution in [0.2, 0.25) is 0 Å². The van der Waals surface area contributed by atoms with Gasteiger partial charge in [-0.2, -0.15) is 15.0 Å². The second kappa shape index (κ2) is 6.95. The molecule has 1 aliphatic heterocycles. The van der Waals surface area contributed by atoms with Gasteiger partial charge in [0.05, 0.1) is 23.6 Å². The molecule has 0 radical (unpaired) electrons. The number of carbonyl (C=O) groups excluding carboxylic acids is 2. The number of likely N-dealkylation sites (tertiary alicyclic amines) is 1. The first kappa shape index (κ1) is 15.7. The van der Waals surface area contributed by atoms with E-state index in [1.54, 1.807) is 25.4 Å². The number of aromatic nitrogens is 3. The Bertz CT molecular complexity index is 702. The normalized spacial score (nSPS) is 18.0. The molecule has 3 rings (SSSR count). The van der Waals surface area contributed by atoms with E-state index in [1.165, 1.54) is 16.6 Å². The van der Waals surface area contributed by atoms with Crippen LogP contribution in [0.3, 0.4) is 0 Å². The molecule has 1 aromatic heterocycles. The first-order chi connectivity index (χ1) is 11.1. The molecule has 0 spiro atoms. The van der Waals surface area contributed by atoms with Crippen LogP contribution >= 0.6 is 11.8 Å². The van der Waals surface area contributed by atoms with Gasteiger partial charge >= 0.3 is 0 Å². The molecular formula is C16H18N4O2S. The summed E-state index contributed by atoms with van der Waals surface area (Å²) in [4.78, 5) is 27.5. The van der Waals surface area contributed by atoms with Gasteiger partial charge < -0.3 is 4.90 Å². The molecule has 1 aliphatic rings. The number of nitrogens with zero attached hydrogens (tertiary/aromatic N) is 4. The van der Waals surface area contributed by atoms with E-state index in [-0.39, 0.29) is 16.3 Å². The molecule has 23 heavy (non-hydrogen) atoms. The number of amides is 1. The monoisotopic (exact) mass is 330 g/mol. The number of hydrogen-bond acceptors (Lipinski definition) is 5. The molecule has 2 aromatic rings. The summed E-state index contributed by atoms with van der Waals surface area (Å²) in [6.07, 6.45) is 5.05. The Hall–Kier alpha value is -2.15. The predicted molar refractivity (Wildman–Crippen MR) is 88.6 cm³/mol. The number of piperidine rings is 1. The van der Waals surface area contributed by atoms with E-state index in [0.29, 0.717) is 24.3 Å². The lowest BCUT2D eigenvalue weighted by Crippen LogP contribution is -2.41. The van der Waals surface area contributed by atoms with Crippen molar-refractivity contribution in [3.63, 3.8) is 0 Å². The summed E-state index contributed by atoms with van der Waals surface area (Å²) >= 11 is 1.33. The Balaban J connectivity index is 1.82. The lowest BCUT2D eigenvalue weighted by atomic mass is 10.1. The summed E-state index contributed by atoms with van der Waals surface area (Å²) in [7, 11) is 0. The summed E-state index contributed by atoms with van der Waals surface area (Å²) in [5.41, 5.74) is 1.25. The molecule has 0 N–H and O–H groups in total. The van der Waals surface area contributed by atoms with Gasteiger partial charge in [0.2, 0.25) is 0 Å². The average Bonchev–Trinajstić information content (AvgIpc) is 3.08. The zero-order chi connectivity index (χ0) is 16.2. The lowest BCUT2D eigenvalue weighted by molar-refractivity contribution is -0.109. The minimum absolute atomic E-state index is 0.0354. The number of thioether (sulfide) groups is 1. The topological polar surface area (TPSA) is 68.1 Å². The van der Waals surface area contributed by atoms with Crippen LogP contribution in [0.4, 0.5) is 0 Å². The number of carbonyl (C=O) groups is 2. The molecule has 6 nitrogen and oxygen atoms in total. The number of rotatable bonds is 3. The third-order valence-electron chi connectivity index (χ3n) is 3.77. The number of hydrogen-bond donors (Lipinski definition) is 0. The molecular weight excluding hydrogens is 312 g/mol. The molecule has 2 heterocycles. The van der Waals surface area contributed by atoms with Gasteiger partial charge in [0, 0.05) is 25.3 Å². The minimum Gasteiger partial charge on any atom is -0.337 e. The van der Waals surface area contributed by atoms with Gasteiger partial charge in [0.15, 0.2) is 5.12 Å². The summed E-state index contributed by atoms with van der Waals surface area (Å²) < 4.78 is 0. The lowest BCUT2D eigenvalue weighted by Gasteiger charge is -2.32. The average molecular weight is 330 g/mol. The van der Waals surface area contributed by atoms with E-state index < -0.39 is 0 Å². The van der Waals surface area contributed by atoms with Gasteiger partial charge in [0.1, 0.15) is 0 Å². The Morgan fingerprint density at radius 3 is 2.70 bits per heavy atom. The molecule has 0 aliphatic carbocycles. The molecule has 120 valence electrons. The second-order valence-corrected chi connectivity index (χ2v) is 6.94. The molecule has 1 amide bonds. The molecule has 7 heteroatoms. The third kappa shape index (κ3) is 3.61. The largest absolute Gasteiger partial charge is 0.337 e. The van der Waals surface area contributed by atoms with Crippen LogP contribution in [0.5, 0.6) is 0 Å². The second-order valence-electron chi connectivity index (χ2n) is 5.46. The quantitative estimate of drug-likeness (QED) is 0.862. The van der Waals surface area contributed by atoms with Gasteiger partial charge in [-0.25, -0.2) is 0 Å². The Morgan fingerprint density at radius 1 is 1.22 bits per heavy atom. The first-order valence-corrected chi connectivity index (χ1v) is 8.45. The van der Waals surface area contributed by atoms with Crippen molar-refractivity contribution in [2.45, 2.75) is 25.0 Å². The van der Waals surface area contributed by atoms with Crippen LogP contribution in [-0.4, -0.2) is 49.3 Å². The van der Waals surface area contributed by atoms with E-state index in [4.69, 9.17) is 0 Å². The van der Waals surface area contributed by atoms with Crippen molar-refractivity contribution in [2.24, 2.45) is 0 Å². The highest BCUT2D eigenvalue weighted by Crippen LogP contribution is 2.25. The minimum atomic E-state index is -0.0354. The molecule has 1 fully saturated rings. The molecule has 0 bridgehead atoms. The number of para-hydroxylation sites is 1. The molecule has 1 atom stereocenters. The van der Waals surface area contributed by atoms with E-state index >= 15 is 0 Å². The first-order valence-electron chi connectivity index (χ1n) is 7.57. The van der Waals surface area contributed by atoms with Crippen LogP contribution in [0.25, 0.3) is 5.69 Å². The maximum atomic E-state index is 12.9. The van der Waals surface area contributed by atoms with Crippen molar-refractivity contribution < 1.29 is 9.59 Å². The zero-order valence-electron chi connectivity index (χ0n) is 12.9. The third-order valence-corrected chi connectivity index (χ3v) is 4.82. The highest BCUT2D eigenvalue weighted by atomic mass is 32.2. The van der Waals surface area contributed by atoms with Gasteiger partial charge in [-0.15, -0.1) is 0 Å². The highest BCUT2D eigenvalue weighted by molar-refractivity contribution is 8.14. The van der Waals surface area contributed by atoms with Crippen LogP contribution in [0, 0.1) is 0 Å². The summed E-state index contributed by atoms with van der Waals surface area (Å²) in [5.74, 6) is -0.0354. The Labute approximate surface area is 138 Å². The van der Waals surface area contributed by atoms with Crippen molar-refractivity contribution in [1.29, 1.82) is 0 Å². The van der Waals surface area contributed by atoms with Crippen molar-refractivity contribution >= 4 is 22.8 Å². The van der Waals surface area contributed by atoms with Gasteiger partial charge in [-0.3, -0.25) is 9.59 Å². The Kier molecular flexibility index (Phi) is 4.76. The SMILES string of the molecule is CC(=O)SC1CCCN(C(=O)c2ccccc2-n2nccn2)C1. The molecule has 0 saturated carbocycles. The van der Waals surface area contributed by atoms with Crippen LogP contribution in [0.15, 0.2) is 36.7 Å². The standard InChI is InChI=1S/C16H18N4O2S/c1-12(21)23-13-5-4-10-19(11-13)16(22)14-6-2-3-7-15(14)20-17-8-9-18-20/h2-3,6-9,13H,4-5,10-11H2,1H3. The number of benzene rings is 1. The van der Waals surface area contributed by atoms with Crippen molar-refractivity contribution in [3.05, 3.63) is 42.2 Å². The fraction of sp³-hybridized carbons (Fsp3) is 0.375. The summed E-state index contributed by atoms with van der Waals surface area (Å²) in [6.45, 7) is 2.89. The molecule has 1 unspecified atom stereocenters. The van der Waals surface area contributed by atoms with Crippen LogP contribution in [-0.2, 0) is 4.79 Å². The molecule has 1 aromatic carbocycles. The maximum Gasteiger partial charge on any atom is 0.256 e. The Morgan fingerprint density at radius 2 is 1.96 bits per heavy atom. The van der Waals surface area contributed by atoms with Crippen LogP contribution in [0.1, 0.15) is 30.1 Å². The van der Waals surface area contributed by atoms with Crippen molar-refractivity contribution in [2.75, 3.05) is 13.1 Å². The zero-order valence-corrected chi connectivity index (χ0v) is 13.7. The van der Waals surface area contributed by atoms with E-state index in [9.17, 15) is 9.59 Å². The van der Waals surface area contributed by atoms with E-state index in [1.807, 2.05) is 23.1 Å². The van der Waals surface area contributed by atoms with Crippen molar-refractivity contribution in [1.82, 2.24) is 19.9 Å². The summed E-state index contributed by atoms with van der Waals surface area (Å²) in [5, 5.41) is 8.51. The fourth-order valence-electron chi connectivity index (χ4n) is 2.79.